The number of aromatic nitrogens is 1. The molecule has 0 aliphatic rings. The number of aliphatic hydroxyl groups is 1. The zero-order valence-electron chi connectivity index (χ0n) is 10.7. The number of hydrogen-bond donors (Lipinski definition) is 2. The molecule has 2 rings (SSSR count). The normalized spacial score (nSPS) is 10.6. The maximum atomic E-state index is 12.0. The number of thiophene rings is 1. The lowest BCUT2D eigenvalue weighted by Gasteiger charge is -2.02. The zero-order valence-corrected chi connectivity index (χ0v) is 12.3. The monoisotopic (exact) mass is 296 g/mol. The molecular formula is C13H16N2O2S2. The molecule has 0 saturated carbocycles. The van der Waals surface area contributed by atoms with E-state index < -0.39 is 0 Å². The van der Waals surface area contributed by atoms with Crippen LogP contribution in [0.2, 0.25) is 0 Å². The molecular weight excluding hydrogens is 280 g/mol. The van der Waals surface area contributed by atoms with E-state index in [0.29, 0.717) is 17.8 Å². The summed E-state index contributed by atoms with van der Waals surface area (Å²) in [5.74, 6) is -0.0746. The molecule has 102 valence electrons. The van der Waals surface area contributed by atoms with E-state index in [-0.39, 0.29) is 12.5 Å². The smallest absolute Gasteiger partial charge is 0.263 e. The van der Waals surface area contributed by atoms with Gasteiger partial charge in [0, 0.05) is 24.1 Å². The predicted octanol–water partition coefficient (Wildman–Crippen LogP) is 2.68. The lowest BCUT2D eigenvalue weighted by molar-refractivity contribution is 0.0955. The maximum Gasteiger partial charge on any atom is 0.263 e. The van der Waals surface area contributed by atoms with Crippen molar-refractivity contribution >= 4 is 28.6 Å². The fourth-order valence-corrected chi connectivity index (χ4v) is 3.33. The molecule has 2 aromatic heterocycles. The molecule has 6 heteroatoms. The highest BCUT2D eigenvalue weighted by molar-refractivity contribution is 7.17. The largest absolute Gasteiger partial charge is 0.396 e. The lowest BCUT2D eigenvalue weighted by Crippen LogP contribution is -2.24. The number of thiazole rings is 1. The van der Waals surface area contributed by atoms with Crippen LogP contribution in [0.25, 0.3) is 10.6 Å². The van der Waals surface area contributed by atoms with Crippen molar-refractivity contribution in [2.24, 2.45) is 0 Å². The van der Waals surface area contributed by atoms with Crippen LogP contribution in [0.1, 0.15) is 28.2 Å². The lowest BCUT2D eigenvalue weighted by atomic mass is 10.3. The number of aryl methyl sites for hydroxylation is 1. The van der Waals surface area contributed by atoms with Gasteiger partial charge in [-0.1, -0.05) is 0 Å². The minimum absolute atomic E-state index is 0.0746. The van der Waals surface area contributed by atoms with E-state index in [1.807, 2.05) is 23.8 Å². The summed E-state index contributed by atoms with van der Waals surface area (Å²) in [7, 11) is 0. The minimum atomic E-state index is -0.0746. The van der Waals surface area contributed by atoms with Gasteiger partial charge in [0.15, 0.2) is 0 Å². The molecule has 0 radical (unpaired) electrons. The third-order valence-corrected chi connectivity index (χ3v) is 4.53. The zero-order chi connectivity index (χ0) is 13.7. The minimum Gasteiger partial charge on any atom is -0.396 e. The maximum absolute atomic E-state index is 12.0. The molecule has 0 spiro atoms. The summed E-state index contributed by atoms with van der Waals surface area (Å²) in [6, 6.07) is 2.01. The van der Waals surface area contributed by atoms with Crippen LogP contribution in [0.5, 0.6) is 0 Å². The predicted molar refractivity (Wildman–Crippen MR) is 78.8 cm³/mol. The summed E-state index contributed by atoms with van der Waals surface area (Å²) >= 11 is 3.04. The van der Waals surface area contributed by atoms with E-state index in [1.54, 1.807) is 11.3 Å². The molecule has 0 unspecified atom stereocenters. The topological polar surface area (TPSA) is 62.2 Å². The summed E-state index contributed by atoms with van der Waals surface area (Å²) in [6.07, 6.45) is 1.50. The van der Waals surface area contributed by atoms with Crippen LogP contribution < -0.4 is 5.32 Å². The standard InChI is InChI=1S/C13H16N2O2S2/c1-9-11(12(17)14-5-2-3-6-16)19-13(15-9)10-4-7-18-8-10/h4,7-8,16H,2-3,5-6H2,1H3,(H,14,17). The van der Waals surface area contributed by atoms with E-state index in [4.69, 9.17) is 5.11 Å². The Labute approximate surface area is 120 Å². The summed E-state index contributed by atoms with van der Waals surface area (Å²) < 4.78 is 0. The highest BCUT2D eigenvalue weighted by atomic mass is 32.1. The van der Waals surface area contributed by atoms with Gasteiger partial charge in [-0.05, 0) is 31.2 Å². The van der Waals surface area contributed by atoms with E-state index in [2.05, 4.69) is 10.3 Å². The number of nitrogens with zero attached hydrogens (tertiary/aromatic N) is 1. The molecule has 0 bridgehead atoms. The van der Waals surface area contributed by atoms with E-state index in [9.17, 15) is 4.79 Å². The van der Waals surface area contributed by atoms with Gasteiger partial charge in [0.25, 0.3) is 5.91 Å². The van der Waals surface area contributed by atoms with Gasteiger partial charge in [-0.25, -0.2) is 4.98 Å². The van der Waals surface area contributed by atoms with Crippen LogP contribution in [0.4, 0.5) is 0 Å². The SMILES string of the molecule is Cc1nc(-c2ccsc2)sc1C(=O)NCCCCO. The van der Waals surface area contributed by atoms with Crippen molar-refractivity contribution in [1.82, 2.24) is 10.3 Å². The Bertz CT molecular complexity index is 535. The summed E-state index contributed by atoms with van der Waals surface area (Å²) in [6.45, 7) is 2.61. The van der Waals surface area contributed by atoms with Gasteiger partial charge in [0.05, 0.1) is 5.69 Å². The van der Waals surface area contributed by atoms with Crippen LogP contribution in [-0.4, -0.2) is 29.1 Å². The van der Waals surface area contributed by atoms with Crippen molar-refractivity contribution in [3.8, 4) is 10.6 Å². The highest BCUT2D eigenvalue weighted by Crippen LogP contribution is 2.29. The van der Waals surface area contributed by atoms with Gasteiger partial charge in [-0.2, -0.15) is 11.3 Å². The van der Waals surface area contributed by atoms with Gasteiger partial charge < -0.3 is 10.4 Å². The van der Waals surface area contributed by atoms with Gasteiger partial charge in [0.1, 0.15) is 9.88 Å². The first-order chi connectivity index (χ1) is 9.22. The fourth-order valence-electron chi connectivity index (χ4n) is 1.64. The molecule has 0 aliphatic carbocycles. The summed E-state index contributed by atoms with van der Waals surface area (Å²) in [5.41, 5.74) is 1.84. The first-order valence-electron chi connectivity index (χ1n) is 6.11. The van der Waals surface area contributed by atoms with Crippen molar-refractivity contribution in [2.45, 2.75) is 19.8 Å². The summed E-state index contributed by atoms with van der Waals surface area (Å²) in [4.78, 5) is 17.1. The van der Waals surface area contributed by atoms with Gasteiger partial charge >= 0.3 is 0 Å². The second-order valence-electron chi connectivity index (χ2n) is 4.13. The molecule has 0 fully saturated rings. The van der Waals surface area contributed by atoms with Crippen LogP contribution in [0.15, 0.2) is 16.8 Å². The highest BCUT2D eigenvalue weighted by Gasteiger charge is 2.15. The molecule has 2 heterocycles. The Morgan fingerprint density at radius 1 is 1.47 bits per heavy atom. The van der Waals surface area contributed by atoms with Crippen molar-refractivity contribution < 1.29 is 9.90 Å². The first kappa shape index (κ1) is 14.2. The van der Waals surface area contributed by atoms with Gasteiger partial charge in [0.2, 0.25) is 0 Å². The number of unbranched alkanes of at least 4 members (excludes halogenated alkanes) is 1. The third-order valence-electron chi connectivity index (χ3n) is 2.64. The third kappa shape index (κ3) is 3.62. The average Bonchev–Trinajstić information content (AvgIpc) is 3.03. The van der Waals surface area contributed by atoms with Crippen LogP contribution >= 0.6 is 22.7 Å². The second-order valence-corrected chi connectivity index (χ2v) is 5.91. The molecule has 0 aromatic carbocycles. The van der Waals surface area contributed by atoms with Crippen molar-refractivity contribution in [1.29, 1.82) is 0 Å². The van der Waals surface area contributed by atoms with E-state index in [1.165, 1.54) is 11.3 Å². The Kier molecular flexibility index (Phi) is 5.07. The molecule has 0 atom stereocenters. The average molecular weight is 296 g/mol. The molecule has 2 aromatic rings. The number of carbonyl (C=O) groups excluding carboxylic acids is 1. The molecule has 0 saturated heterocycles. The number of carbonyl (C=O) groups is 1. The summed E-state index contributed by atoms with van der Waals surface area (Å²) in [5, 5.41) is 16.5. The second kappa shape index (κ2) is 6.79. The Hall–Kier alpha value is -1.24. The fraction of sp³-hybridized carbons (Fsp3) is 0.385. The Balaban J connectivity index is 2.02. The number of nitrogens with one attached hydrogen (secondary N) is 1. The Morgan fingerprint density at radius 2 is 2.32 bits per heavy atom. The van der Waals surface area contributed by atoms with Crippen LogP contribution in [0.3, 0.4) is 0 Å². The number of rotatable bonds is 6. The molecule has 4 nitrogen and oxygen atoms in total. The van der Waals surface area contributed by atoms with Crippen LogP contribution in [-0.2, 0) is 0 Å². The molecule has 2 N–H and O–H groups in total. The van der Waals surface area contributed by atoms with E-state index in [0.717, 1.165) is 22.7 Å². The van der Waals surface area contributed by atoms with Crippen molar-refractivity contribution in [3.63, 3.8) is 0 Å². The number of hydrogen-bond acceptors (Lipinski definition) is 5. The number of aliphatic hydroxyl groups excluding tert-OH is 1. The van der Waals surface area contributed by atoms with Crippen LogP contribution in [0, 0.1) is 6.92 Å². The molecule has 1 amide bonds. The van der Waals surface area contributed by atoms with Crippen molar-refractivity contribution in [3.05, 3.63) is 27.4 Å². The molecule has 0 aliphatic heterocycles. The van der Waals surface area contributed by atoms with Gasteiger partial charge in [-0.15, -0.1) is 11.3 Å². The van der Waals surface area contributed by atoms with E-state index >= 15 is 0 Å². The van der Waals surface area contributed by atoms with Crippen molar-refractivity contribution in [2.75, 3.05) is 13.2 Å². The number of amides is 1. The van der Waals surface area contributed by atoms with Gasteiger partial charge in [-0.3, -0.25) is 4.79 Å². The molecule has 19 heavy (non-hydrogen) atoms. The quantitative estimate of drug-likeness (QED) is 0.806. The first-order valence-corrected chi connectivity index (χ1v) is 7.87. The Morgan fingerprint density at radius 3 is 3.00 bits per heavy atom.